The van der Waals surface area contributed by atoms with Crippen LogP contribution in [0.25, 0.3) is 0 Å². The second-order valence-electron chi connectivity index (χ2n) is 3.63. The fourth-order valence-electron chi connectivity index (χ4n) is 1.48. The van der Waals surface area contributed by atoms with Gasteiger partial charge in [0.1, 0.15) is 0 Å². The van der Waals surface area contributed by atoms with Gasteiger partial charge in [-0.05, 0) is 30.3 Å². The summed E-state index contributed by atoms with van der Waals surface area (Å²) in [6.07, 6.45) is -2.53. The van der Waals surface area contributed by atoms with Gasteiger partial charge in [0, 0.05) is 17.6 Å². The molecule has 0 fully saturated rings. The predicted molar refractivity (Wildman–Crippen MR) is 59.6 cm³/mol. The largest absolute Gasteiger partial charge is 0.416 e. The van der Waals surface area contributed by atoms with Gasteiger partial charge in [-0.1, -0.05) is 6.07 Å². The van der Waals surface area contributed by atoms with E-state index >= 15 is 0 Å². The highest BCUT2D eigenvalue weighted by atomic mass is 19.4. The van der Waals surface area contributed by atoms with Crippen molar-refractivity contribution < 1.29 is 13.2 Å². The standard InChI is InChI=1S/C12H11F3N2/c13-12(14,15)9-3-1-4-10(7-9)17-8-11-5-2-6-16-11/h1-7,16-17H,8H2. The van der Waals surface area contributed by atoms with Crippen molar-refractivity contribution in [2.24, 2.45) is 0 Å². The molecule has 0 aliphatic rings. The van der Waals surface area contributed by atoms with Gasteiger partial charge in [-0.3, -0.25) is 0 Å². The summed E-state index contributed by atoms with van der Waals surface area (Å²) in [4.78, 5) is 2.97. The number of rotatable bonds is 3. The smallest absolute Gasteiger partial charge is 0.379 e. The average Bonchev–Trinajstić information content (AvgIpc) is 2.78. The molecule has 0 atom stereocenters. The molecule has 5 heteroatoms. The van der Waals surface area contributed by atoms with Crippen LogP contribution in [0.4, 0.5) is 18.9 Å². The fourth-order valence-corrected chi connectivity index (χ4v) is 1.48. The van der Waals surface area contributed by atoms with Crippen molar-refractivity contribution in [2.75, 3.05) is 5.32 Å². The second kappa shape index (κ2) is 4.53. The molecule has 2 aromatic rings. The van der Waals surface area contributed by atoms with E-state index in [0.29, 0.717) is 12.2 Å². The quantitative estimate of drug-likeness (QED) is 0.842. The lowest BCUT2D eigenvalue weighted by molar-refractivity contribution is -0.137. The first-order valence-electron chi connectivity index (χ1n) is 5.09. The molecule has 17 heavy (non-hydrogen) atoms. The maximum Gasteiger partial charge on any atom is 0.416 e. The Hall–Kier alpha value is -1.91. The number of halogens is 3. The first-order valence-corrected chi connectivity index (χ1v) is 5.09. The summed E-state index contributed by atoms with van der Waals surface area (Å²) < 4.78 is 37.3. The third-order valence-corrected chi connectivity index (χ3v) is 2.34. The van der Waals surface area contributed by atoms with Crippen molar-refractivity contribution in [2.45, 2.75) is 12.7 Å². The van der Waals surface area contributed by atoms with Gasteiger partial charge in [0.25, 0.3) is 0 Å². The fraction of sp³-hybridized carbons (Fsp3) is 0.167. The van der Waals surface area contributed by atoms with E-state index in [1.807, 2.05) is 12.1 Å². The Morgan fingerprint density at radius 1 is 1.12 bits per heavy atom. The Labute approximate surface area is 96.5 Å². The van der Waals surface area contributed by atoms with Gasteiger partial charge in [0.15, 0.2) is 0 Å². The molecule has 1 heterocycles. The van der Waals surface area contributed by atoms with Crippen molar-refractivity contribution in [1.82, 2.24) is 4.98 Å². The van der Waals surface area contributed by atoms with Gasteiger partial charge in [0.05, 0.1) is 12.1 Å². The Balaban J connectivity index is 2.07. The Kier molecular flexibility index (Phi) is 3.08. The molecule has 0 spiro atoms. The zero-order chi connectivity index (χ0) is 12.3. The number of alkyl halides is 3. The predicted octanol–water partition coefficient (Wildman–Crippen LogP) is 3.65. The molecule has 0 unspecified atom stereocenters. The van der Waals surface area contributed by atoms with Crippen molar-refractivity contribution >= 4 is 5.69 Å². The minimum absolute atomic E-state index is 0.453. The molecule has 1 aromatic heterocycles. The maximum absolute atomic E-state index is 12.4. The van der Waals surface area contributed by atoms with E-state index in [0.717, 1.165) is 17.8 Å². The van der Waals surface area contributed by atoms with Crippen LogP contribution >= 0.6 is 0 Å². The van der Waals surface area contributed by atoms with Crippen LogP contribution in [0.15, 0.2) is 42.6 Å². The van der Waals surface area contributed by atoms with Crippen LogP contribution in [-0.2, 0) is 12.7 Å². The molecule has 0 aliphatic heterocycles. The third-order valence-electron chi connectivity index (χ3n) is 2.34. The van der Waals surface area contributed by atoms with E-state index in [4.69, 9.17) is 0 Å². The van der Waals surface area contributed by atoms with Gasteiger partial charge in [0.2, 0.25) is 0 Å². The number of nitrogens with one attached hydrogen (secondary N) is 2. The molecule has 2 rings (SSSR count). The SMILES string of the molecule is FC(F)(F)c1cccc(NCc2ccc[nH]2)c1. The van der Waals surface area contributed by atoms with Crippen LogP contribution in [0.1, 0.15) is 11.3 Å². The summed E-state index contributed by atoms with van der Waals surface area (Å²) in [5, 5.41) is 2.93. The van der Waals surface area contributed by atoms with Gasteiger partial charge < -0.3 is 10.3 Å². The average molecular weight is 240 g/mol. The zero-order valence-corrected chi connectivity index (χ0v) is 8.88. The lowest BCUT2D eigenvalue weighted by Gasteiger charge is -2.10. The summed E-state index contributed by atoms with van der Waals surface area (Å²) in [6, 6.07) is 8.85. The van der Waals surface area contributed by atoms with Crippen LogP contribution in [0.3, 0.4) is 0 Å². The number of anilines is 1. The van der Waals surface area contributed by atoms with Crippen molar-refractivity contribution in [1.29, 1.82) is 0 Å². The maximum atomic E-state index is 12.4. The number of hydrogen-bond donors (Lipinski definition) is 2. The van der Waals surface area contributed by atoms with Crippen LogP contribution in [-0.4, -0.2) is 4.98 Å². The molecule has 0 amide bonds. The summed E-state index contributed by atoms with van der Waals surface area (Å²) in [5.41, 5.74) is 0.728. The molecular formula is C12H11F3N2. The highest BCUT2D eigenvalue weighted by molar-refractivity contribution is 5.46. The number of H-pyrrole nitrogens is 1. The zero-order valence-electron chi connectivity index (χ0n) is 8.88. The van der Waals surface area contributed by atoms with Crippen LogP contribution in [0.5, 0.6) is 0 Å². The lowest BCUT2D eigenvalue weighted by atomic mass is 10.2. The molecule has 0 radical (unpaired) electrons. The van der Waals surface area contributed by atoms with E-state index in [1.54, 1.807) is 12.3 Å². The van der Waals surface area contributed by atoms with E-state index in [-0.39, 0.29) is 0 Å². The van der Waals surface area contributed by atoms with Crippen molar-refractivity contribution in [3.05, 3.63) is 53.9 Å². The molecule has 2 nitrogen and oxygen atoms in total. The number of hydrogen-bond acceptors (Lipinski definition) is 1. The molecule has 1 aromatic carbocycles. The van der Waals surface area contributed by atoms with Gasteiger partial charge in [-0.15, -0.1) is 0 Å². The van der Waals surface area contributed by atoms with Crippen LogP contribution in [0, 0.1) is 0 Å². The Morgan fingerprint density at radius 3 is 2.59 bits per heavy atom. The monoisotopic (exact) mass is 240 g/mol. The second-order valence-corrected chi connectivity index (χ2v) is 3.63. The topological polar surface area (TPSA) is 27.8 Å². The molecule has 0 saturated heterocycles. The molecular weight excluding hydrogens is 229 g/mol. The lowest BCUT2D eigenvalue weighted by Crippen LogP contribution is -2.06. The first kappa shape index (κ1) is 11.6. The van der Waals surface area contributed by atoms with E-state index in [9.17, 15) is 13.2 Å². The third kappa shape index (κ3) is 3.03. The Bertz CT molecular complexity index is 475. The van der Waals surface area contributed by atoms with Crippen molar-refractivity contribution in [3.63, 3.8) is 0 Å². The molecule has 0 aliphatic carbocycles. The summed E-state index contributed by atoms with van der Waals surface area (Å²) in [7, 11) is 0. The van der Waals surface area contributed by atoms with Gasteiger partial charge in [-0.25, -0.2) is 0 Å². The summed E-state index contributed by atoms with van der Waals surface area (Å²) in [5.74, 6) is 0. The highest BCUT2D eigenvalue weighted by Gasteiger charge is 2.30. The molecule has 90 valence electrons. The van der Waals surface area contributed by atoms with E-state index < -0.39 is 11.7 Å². The minimum Gasteiger partial charge on any atom is -0.379 e. The highest BCUT2D eigenvalue weighted by Crippen LogP contribution is 2.30. The molecule has 0 saturated carbocycles. The molecule has 0 bridgehead atoms. The molecule has 2 N–H and O–H groups in total. The van der Waals surface area contributed by atoms with Crippen LogP contribution in [0.2, 0.25) is 0 Å². The van der Waals surface area contributed by atoms with Crippen molar-refractivity contribution in [3.8, 4) is 0 Å². The summed E-state index contributed by atoms with van der Waals surface area (Å²) in [6.45, 7) is 0.467. The van der Waals surface area contributed by atoms with E-state index in [2.05, 4.69) is 10.3 Å². The van der Waals surface area contributed by atoms with Crippen LogP contribution < -0.4 is 5.32 Å². The summed E-state index contributed by atoms with van der Waals surface area (Å²) >= 11 is 0. The first-order chi connectivity index (χ1) is 8.05. The number of aromatic nitrogens is 1. The normalized spacial score (nSPS) is 11.5. The minimum atomic E-state index is -4.30. The van der Waals surface area contributed by atoms with E-state index in [1.165, 1.54) is 6.07 Å². The number of aromatic amines is 1. The van der Waals surface area contributed by atoms with Gasteiger partial charge in [-0.2, -0.15) is 13.2 Å². The number of benzene rings is 1. The Morgan fingerprint density at radius 2 is 1.94 bits per heavy atom. The van der Waals surface area contributed by atoms with Gasteiger partial charge >= 0.3 is 6.18 Å².